The van der Waals surface area contributed by atoms with Gasteiger partial charge in [0.05, 0.1) is 23.8 Å². The van der Waals surface area contributed by atoms with Gasteiger partial charge in [-0.05, 0) is 24.3 Å². The third-order valence-corrected chi connectivity index (χ3v) is 7.19. The van der Waals surface area contributed by atoms with Gasteiger partial charge >= 0.3 is 0 Å². The molecule has 202 valence electrons. The molecule has 0 atom stereocenters. The molecule has 1 aliphatic heterocycles. The van der Waals surface area contributed by atoms with Crippen LogP contribution in [0.2, 0.25) is 0 Å². The summed E-state index contributed by atoms with van der Waals surface area (Å²) in [6, 6.07) is 10.8. The number of rotatable bonds is 6. The van der Waals surface area contributed by atoms with Crippen molar-refractivity contribution in [1.82, 2.24) is 44.2 Å². The molecule has 0 spiro atoms. The van der Waals surface area contributed by atoms with Gasteiger partial charge in [-0.2, -0.15) is 14.6 Å². The number of nitrogens with zero attached hydrogens (tertiary/aromatic N) is 10. The Morgan fingerprint density at radius 1 is 0.975 bits per heavy atom. The maximum atomic E-state index is 15.0. The van der Waals surface area contributed by atoms with Gasteiger partial charge in [-0.1, -0.05) is 12.1 Å². The highest BCUT2D eigenvalue weighted by Gasteiger charge is 2.21. The molecule has 0 radical (unpaired) electrons. The van der Waals surface area contributed by atoms with Crippen molar-refractivity contribution in [3.05, 3.63) is 66.8 Å². The second kappa shape index (κ2) is 9.68. The van der Waals surface area contributed by atoms with E-state index in [1.165, 1.54) is 10.6 Å². The molecule has 0 unspecified atom stereocenters. The van der Waals surface area contributed by atoms with E-state index in [9.17, 15) is 4.39 Å². The van der Waals surface area contributed by atoms with Crippen LogP contribution in [-0.2, 0) is 6.54 Å². The molecule has 1 aliphatic rings. The van der Waals surface area contributed by atoms with E-state index in [2.05, 4.69) is 39.9 Å². The zero-order chi connectivity index (χ0) is 27.2. The summed E-state index contributed by atoms with van der Waals surface area (Å²) in [5.74, 6) is 1.01. The first-order valence-corrected chi connectivity index (χ1v) is 13.0. The molecule has 6 aromatic rings. The molecule has 0 saturated carbocycles. The van der Waals surface area contributed by atoms with E-state index in [-0.39, 0.29) is 11.8 Å². The number of hydrogen-bond acceptors (Lipinski definition) is 10. The number of aryl methyl sites for hydroxylation is 1. The topological polar surface area (TPSA) is 132 Å². The second-order valence-corrected chi connectivity index (χ2v) is 9.71. The van der Waals surface area contributed by atoms with Crippen molar-refractivity contribution < 1.29 is 8.81 Å². The van der Waals surface area contributed by atoms with Crippen molar-refractivity contribution in [3.8, 4) is 22.8 Å². The van der Waals surface area contributed by atoms with Gasteiger partial charge in [-0.25, -0.2) is 19.0 Å². The molecule has 7 rings (SSSR count). The third kappa shape index (κ3) is 4.29. The SMILES string of the molecule is Cc1nc(-c2ccc(N3CCN(CCn4ncc5c4nc(N)n4nc(-c6ccccn6)nc54)CC3)c(F)c2)co1. The van der Waals surface area contributed by atoms with Crippen LogP contribution in [0.25, 0.3) is 39.5 Å². The fourth-order valence-corrected chi connectivity index (χ4v) is 5.09. The Balaban J connectivity index is 1.03. The van der Waals surface area contributed by atoms with E-state index in [0.29, 0.717) is 52.2 Å². The first-order chi connectivity index (χ1) is 19.5. The molecule has 1 fully saturated rings. The Kier molecular flexibility index (Phi) is 5.85. The monoisotopic (exact) mass is 539 g/mol. The van der Waals surface area contributed by atoms with Crippen molar-refractivity contribution in [2.45, 2.75) is 13.5 Å². The number of fused-ring (bicyclic) bond motifs is 3. The third-order valence-electron chi connectivity index (χ3n) is 7.19. The van der Waals surface area contributed by atoms with Crippen LogP contribution in [0.1, 0.15) is 5.89 Å². The van der Waals surface area contributed by atoms with E-state index in [1.807, 2.05) is 35.0 Å². The zero-order valence-corrected chi connectivity index (χ0v) is 21.8. The number of nitrogens with two attached hydrogens (primary N) is 1. The molecule has 2 N–H and O–H groups in total. The predicted octanol–water partition coefficient (Wildman–Crippen LogP) is 3.04. The lowest BCUT2D eigenvalue weighted by Crippen LogP contribution is -2.47. The molecule has 40 heavy (non-hydrogen) atoms. The van der Waals surface area contributed by atoms with Gasteiger partial charge in [0.2, 0.25) is 11.8 Å². The number of oxazole rings is 1. The number of anilines is 2. The average Bonchev–Trinajstić information content (AvgIpc) is 3.71. The number of aromatic nitrogens is 8. The summed E-state index contributed by atoms with van der Waals surface area (Å²) in [6.07, 6.45) is 4.99. The van der Waals surface area contributed by atoms with Gasteiger partial charge in [0, 0.05) is 51.4 Å². The van der Waals surface area contributed by atoms with Gasteiger partial charge in [-0.3, -0.25) is 9.88 Å². The zero-order valence-electron chi connectivity index (χ0n) is 21.8. The normalized spacial score (nSPS) is 14.5. The van der Waals surface area contributed by atoms with Crippen LogP contribution in [0.5, 0.6) is 0 Å². The Morgan fingerprint density at radius 3 is 2.60 bits per heavy atom. The molecule has 5 aromatic heterocycles. The number of halogens is 1. The van der Waals surface area contributed by atoms with Crippen molar-refractivity contribution in [1.29, 1.82) is 0 Å². The van der Waals surface area contributed by atoms with Crippen molar-refractivity contribution >= 4 is 28.3 Å². The van der Waals surface area contributed by atoms with Crippen molar-refractivity contribution in [3.63, 3.8) is 0 Å². The number of benzene rings is 1. The van der Waals surface area contributed by atoms with Crippen LogP contribution in [0, 0.1) is 12.7 Å². The van der Waals surface area contributed by atoms with Crippen molar-refractivity contribution in [2.75, 3.05) is 43.4 Å². The summed E-state index contributed by atoms with van der Waals surface area (Å²) in [5, 5.41) is 9.83. The Labute approximate surface area is 227 Å². The minimum Gasteiger partial charge on any atom is -0.449 e. The maximum absolute atomic E-state index is 15.0. The van der Waals surface area contributed by atoms with Gasteiger partial charge in [0.15, 0.2) is 17.2 Å². The van der Waals surface area contributed by atoms with E-state index in [1.54, 1.807) is 25.6 Å². The average molecular weight is 540 g/mol. The van der Waals surface area contributed by atoms with Gasteiger partial charge in [0.25, 0.3) is 0 Å². The minimum absolute atomic E-state index is 0.235. The fraction of sp³-hybridized carbons (Fsp3) is 0.259. The molecule has 6 heterocycles. The highest BCUT2D eigenvalue weighted by molar-refractivity contribution is 5.90. The summed E-state index contributed by atoms with van der Waals surface area (Å²) < 4.78 is 23.6. The van der Waals surface area contributed by atoms with Crippen LogP contribution in [0.4, 0.5) is 16.0 Å². The Morgan fingerprint density at radius 2 is 1.85 bits per heavy atom. The van der Waals surface area contributed by atoms with E-state index >= 15 is 0 Å². The lowest BCUT2D eigenvalue weighted by atomic mass is 10.1. The molecule has 0 amide bonds. The minimum atomic E-state index is -0.260. The van der Waals surface area contributed by atoms with E-state index < -0.39 is 0 Å². The number of piperazine rings is 1. The molecule has 0 bridgehead atoms. The van der Waals surface area contributed by atoms with Crippen LogP contribution < -0.4 is 10.6 Å². The number of hydrogen-bond donors (Lipinski definition) is 1. The van der Waals surface area contributed by atoms with Crippen LogP contribution >= 0.6 is 0 Å². The summed E-state index contributed by atoms with van der Waals surface area (Å²) in [5.41, 5.74) is 10.1. The molecule has 1 saturated heterocycles. The fourth-order valence-electron chi connectivity index (χ4n) is 5.09. The smallest absolute Gasteiger partial charge is 0.225 e. The van der Waals surface area contributed by atoms with E-state index in [4.69, 9.17) is 10.2 Å². The summed E-state index contributed by atoms with van der Waals surface area (Å²) in [7, 11) is 0. The molecule has 12 nitrogen and oxygen atoms in total. The Hall–Kier alpha value is -4.91. The quantitative estimate of drug-likeness (QED) is 0.337. The summed E-state index contributed by atoms with van der Waals surface area (Å²) >= 11 is 0. The first-order valence-electron chi connectivity index (χ1n) is 13.0. The maximum Gasteiger partial charge on any atom is 0.225 e. The highest BCUT2D eigenvalue weighted by Crippen LogP contribution is 2.27. The number of nitrogen functional groups attached to an aromatic ring is 1. The molecular weight excluding hydrogens is 513 g/mol. The lowest BCUT2D eigenvalue weighted by Gasteiger charge is -2.36. The molecule has 13 heteroatoms. The van der Waals surface area contributed by atoms with Gasteiger partial charge < -0.3 is 15.1 Å². The lowest BCUT2D eigenvalue weighted by molar-refractivity contribution is 0.245. The van der Waals surface area contributed by atoms with Crippen LogP contribution in [0.15, 0.2) is 59.5 Å². The number of pyridine rings is 1. The second-order valence-electron chi connectivity index (χ2n) is 9.71. The molecular formula is C27H26FN11O. The van der Waals surface area contributed by atoms with Crippen molar-refractivity contribution in [2.24, 2.45) is 0 Å². The van der Waals surface area contributed by atoms with Gasteiger partial charge in [0.1, 0.15) is 23.5 Å². The first kappa shape index (κ1) is 24.2. The van der Waals surface area contributed by atoms with Gasteiger partial charge in [-0.15, -0.1) is 5.10 Å². The molecule has 0 aliphatic carbocycles. The van der Waals surface area contributed by atoms with E-state index in [0.717, 1.165) is 38.1 Å². The van der Waals surface area contributed by atoms with Crippen LogP contribution in [-0.4, -0.2) is 77.0 Å². The standard InChI is InChI=1S/C27H26FN11O/c1-17-32-22(16-40-17)18-5-6-23(20(28)14-18)37-11-8-36(9-12-37)10-13-38-25-19(15-31-38)26-33-24(21-4-2-3-7-30-21)35-39(26)27(29)34-25/h2-7,14-16H,8-13H2,1H3,(H2,29,34). The molecule has 1 aromatic carbocycles. The summed E-state index contributed by atoms with van der Waals surface area (Å²) in [4.78, 5) is 22.3. The largest absolute Gasteiger partial charge is 0.449 e. The predicted molar refractivity (Wildman–Crippen MR) is 147 cm³/mol. The highest BCUT2D eigenvalue weighted by atomic mass is 19.1. The Bertz CT molecular complexity index is 1820. The van der Waals surface area contributed by atoms with Crippen LogP contribution in [0.3, 0.4) is 0 Å². The summed E-state index contributed by atoms with van der Waals surface area (Å²) in [6.45, 7) is 6.23.